The normalized spacial score (nSPS) is 16.0. The van der Waals surface area contributed by atoms with Crippen LogP contribution in [0.4, 0.5) is 5.69 Å². The van der Waals surface area contributed by atoms with Crippen molar-refractivity contribution in [3.63, 3.8) is 0 Å². The maximum Gasteiger partial charge on any atom is 0.270 e. The minimum atomic E-state index is -0.145. The lowest BCUT2D eigenvalue weighted by molar-refractivity contribution is 0.0935. The highest BCUT2D eigenvalue weighted by molar-refractivity contribution is 5.92. The van der Waals surface area contributed by atoms with E-state index >= 15 is 0 Å². The molecular formula is C19H23N3O. The number of carbonyl (C=O) groups excluding carboxylic acids is 1. The van der Waals surface area contributed by atoms with Gasteiger partial charge in [-0.25, -0.2) is 4.98 Å². The summed E-state index contributed by atoms with van der Waals surface area (Å²) in [6, 6.07) is 14.2. The number of amides is 1. The zero-order valence-electron chi connectivity index (χ0n) is 13.5. The van der Waals surface area contributed by atoms with Crippen molar-refractivity contribution in [3.8, 4) is 0 Å². The Kier molecular flexibility index (Phi) is 4.91. The zero-order valence-corrected chi connectivity index (χ0v) is 13.5. The highest BCUT2D eigenvalue weighted by Crippen LogP contribution is 2.22. The van der Waals surface area contributed by atoms with Crippen LogP contribution in [-0.2, 0) is 0 Å². The first-order valence-electron chi connectivity index (χ1n) is 8.31. The van der Waals surface area contributed by atoms with Crippen LogP contribution in [0.25, 0.3) is 0 Å². The summed E-state index contributed by atoms with van der Waals surface area (Å²) in [5.74, 6) is -0.145. The second-order valence-electron chi connectivity index (χ2n) is 6.16. The van der Waals surface area contributed by atoms with Gasteiger partial charge in [-0.05, 0) is 37.5 Å². The lowest BCUT2D eigenvalue weighted by Crippen LogP contribution is -2.27. The molecule has 1 aliphatic rings. The van der Waals surface area contributed by atoms with Crippen LogP contribution in [-0.4, -0.2) is 16.9 Å². The fraction of sp³-hybridized carbons (Fsp3) is 0.368. The van der Waals surface area contributed by atoms with Crippen LogP contribution >= 0.6 is 0 Å². The summed E-state index contributed by atoms with van der Waals surface area (Å²) < 4.78 is 0. The largest absolute Gasteiger partial charge is 0.381 e. The highest BCUT2D eigenvalue weighted by Gasteiger charge is 2.15. The molecule has 1 amide bonds. The summed E-state index contributed by atoms with van der Waals surface area (Å²) in [4.78, 5) is 16.6. The molecule has 1 aromatic carbocycles. The second kappa shape index (κ2) is 7.27. The molecule has 3 rings (SSSR count). The molecule has 2 N–H and O–H groups in total. The van der Waals surface area contributed by atoms with E-state index in [1.54, 1.807) is 12.3 Å². The van der Waals surface area contributed by atoms with Gasteiger partial charge < -0.3 is 10.6 Å². The summed E-state index contributed by atoms with van der Waals surface area (Å²) in [5.41, 5.74) is 2.52. The van der Waals surface area contributed by atoms with Crippen LogP contribution < -0.4 is 10.6 Å². The number of nitrogens with zero attached hydrogens (tertiary/aromatic N) is 1. The van der Waals surface area contributed by atoms with E-state index in [4.69, 9.17) is 0 Å². The fourth-order valence-corrected chi connectivity index (χ4v) is 3.02. The van der Waals surface area contributed by atoms with Crippen LogP contribution in [0.3, 0.4) is 0 Å². The monoisotopic (exact) mass is 309 g/mol. The van der Waals surface area contributed by atoms with Crippen LogP contribution in [0, 0.1) is 0 Å². The Morgan fingerprint density at radius 3 is 2.52 bits per heavy atom. The van der Waals surface area contributed by atoms with Crippen LogP contribution in [0.5, 0.6) is 0 Å². The van der Waals surface area contributed by atoms with Gasteiger partial charge in [-0.3, -0.25) is 4.79 Å². The van der Waals surface area contributed by atoms with Gasteiger partial charge in [0, 0.05) is 6.04 Å². The zero-order chi connectivity index (χ0) is 16.1. The van der Waals surface area contributed by atoms with E-state index in [0.717, 1.165) is 11.3 Å². The smallest absolute Gasteiger partial charge is 0.270 e. The number of pyridine rings is 1. The summed E-state index contributed by atoms with van der Waals surface area (Å²) in [6.45, 7) is 1.98. The van der Waals surface area contributed by atoms with E-state index in [1.165, 1.54) is 25.7 Å². The highest BCUT2D eigenvalue weighted by atomic mass is 16.1. The summed E-state index contributed by atoms with van der Waals surface area (Å²) >= 11 is 0. The van der Waals surface area contributed by atoms with Crippen molar-refractivity contribution < 1.29 is 4.79 Å². The Hall–Kier alpha value is -2.36. The van der Waals surface area contributed by atoms with Crippen LogP contribution in [0.15, 0.2) is 48.7 Å². The Balaban J connectivity index is 1.59. The molecule has 120 valence electrons. The molecule has 0 radical (unpaired) electrons. The number of hydrogen-bond donors (Lipinski definition) is 2. The predicted octanol–water partition coefficient (Wildman–Crippen LogP) is 3.93. The van der Waals surface area contributed by atoms with Gasteiger partial charge in [0.2, 0.25) is 0 Å². The Bertz CT molecular complexity index is 633. The van der Waals surface area contributed by atoms with Gasteiger partial charge in [0.1, 0.15) is 5.69 Å². The average Bonchev–Trinajstić information content (AvgIpc) is 3.09. The number of hydrogen-bond acceptors (Lipinski definition) is 3. The van der Waals surface area contributed by atoms with E-state index in [0.29, 0.717) is 11.7 Å². The Morgan fingerprint density at radius 2 is 1.87 bits per heavy atom. The van der Waals surface area contributed by atoms with Crippen molar-refractivity contribution in [1.82, 2.24) is 10.3 Å². The lowest BCUT2D eigenvalue weighted by Gasteiger charge is -2.15. The fourth-order valence-electron chi connectivity index (χ4n) is 3.02. The Labute approximate surface area is 137 Å². The van der Waals surface area contributed by atoms with Crippen molar-refractivity contribution in [2.24, 2.45) is 0 Å². The van der Waals surface area contributed by atoms with Crippen molar-refractivity contribution in [2.75, 3.05) is 5.32 Å². The maximum atomic E-state index is 12.3. The molecule has 23 heavy (non-hydrogen) atoms. The van der Waals surface area contributed by atoms with Gasteiger partial charge in [0.15, 0.2) is 0 Å². The minimum Gasteiger partial charge on any atom is -0.381 e. The van der Waals surface area contributed by atoms with Crippen LogP contribution in [0.1, 0.15) is 54.7 Å². The quantitative estimate of drug-likeness (QED) is 0.880. The third-order valence-corrected chi connectivity index (χ3v) is 4.37. The van der Waals surface area contributed by atoms with Crippen molar-refractivity contribution in [1.29, 1.82) is 0 Å². The summed E-state index contributed by atoms with van der Waals surface area (Å²) in [6.07, 6.45) is 6.78. The molecule has 2 aromatic rings. The number of aromatic nitrogens is 1. The van der Waals surface area contributed by atoms with E-state index in [2.05, 4.69) is 15.6 Å². The van der Waals surface area contributed by atoms with Crippen molar-refractivity contribution >= 4 is 11.6 Å². The third kappa shape index (κ3) is 4.09. The SMILES string of the molecule is CC(NC(=O)c1ccc(NC2CCCC2)cn1)c1ccccc1. The molecule has 0 spiro atoms. The van der Waals surface area contributed by atoms with Gasteiger partial charge >= 0.3 is 0 Å². The minimum absolute atomic E-state index is 0.0400. The molecule has 1 fully saturated rings. The number of nitrogens with one attached hydrogen (secondary N) is 2. The predicted molar refractivity (Wildman–Crippen MR) is 92.4 cm³/mol. The van der Waals surface area contributed by atoms with E-state index in [1.807, 2.05) is 43.3 Å². The number of carbonyl (C=O) groups is 1. The number of anilines is 1. The van der Waals surface area contributed by atoms with Gasteiger partial charge in [0.25, 0.3) is 5.91 Å². The molecule has 1 unspecified atom stereocenters. The van der Waals surface area contributed by atoms with Gasteiger partial charge in [-0.15, -0.1) is 0 Å². The van der Waals surface area contributed by atoms with E-state index < -0.39 is 0 Å². The van der Waals surface area contributed by atoms with Gasteiger partial charge in [-0.1, -0.05) is 43.2 Å². The van der Waals surface area contributed by atoms with Crippen LogP contribution in [0.2, 0.25) is 0 Å². The first-order chi connectivity index (χ1) is 11.2. The number of rotatable bonds is 5. The molecule has 4 nitrogen and oxygen atoms in total. The Morgan fingerprint density at radius 1 is 1.13 bits per heavy atom. The lowest BCUT2D eigenvalue weighted by atomic mass is 10.1. The van der Waals surface area contributed by atoms with Gasteiger partial charge in [0.05, 0.1) is 17.9 Å². The topological polar surface area (TPSA) is 54.0 Å². The molecular weight excluding hydrogens is 286 g/mol. The molecule has 0 aliphatic heterocycles. The molecule has 1 saturated carbocycles. The summed E-state index contributed by atoms with van der Waals surface area (Å²) in [5, 5.41) is 6.46. The van der Waals surface area contributed by atoms with E-state index in [-0.39, 0.29) is 11.9 Å². The number of benzene rings is 1. The molecule has 0 bridgehead atoms. The van der Waals surface area contributed by atoms with Crippen molar-refractivity contribution in [3.05, 3.63) is 59.9 Å². The third-order valence-electron chi connectivity index (χ3n) is 4.37. The molecule has 1 atom stereocenters. The average molecular weight is 309 g/mol. The summed E-state index contributed by atoms with van der Waals surface area (Å²) in [7, 11) is 0. The van der Waals surface area contributed by atoms with E-state index in [9.17, 15) is 4.79 Å². The first kappa shape index (κ1) is 15.5. The molecule has 1 aromatic heterocycles. The molecule has 1 heterocycles. The molecule has 4 heteroatoms. The maximum absolute atomic E-state index is 12.3. The molecule has 1 aliphatic carbocycles. The first-order valence-corrected chi connectivity index (χ1v) is 8.31. The van der Waals surface area contributed by atoms with Gasteiger partial charge in [-0.2, -0.15) is 0 Å². The standard InChI is InChI=1S/C19H23N3O/c1-14(15-7-3-2-4-8-15)21-19(23)18-12-11-17(13-20-18)22-16-9-5-6-10-16/h2-4,7-8,11-14,16,22H,5-6,9-10H2,1H3,(H,21,23). The van der Waals surface area contributed by atoms with Crippen molar-refractivity contribution in [2.45, 2.75) is 44.7 Å². The molecule has 0 saturated heterocycles. The second-order valence-corrected chi connectivity index (χ2v) is 6.16.